The average Bonchev–Trinajstić information content (AvgIpc) is 2.52. The summed E-state index contributed by atoms with van der Waals surface area (Å²) in [5.74, 6) is -0.0580. The molecule has 23 heavy (non-hydrogen) atoms. The van der Waals surface area contributed by atoms with Crippen molar-refractivity contribution in [3.63, 3.8) is 0 Å². The second-order valence-electron chi connectivity index (χ2n) is 6.07. The van der Waals surface area contributed by atoms with E-state index in [1.165, 1.54) is 22.3 Å². The summed E-state index contributed by atoms with van der Waals surface area (Å²) < 4.78 is 0. The highest BCUT2D eigenvalue weighted by atomic mass is 16.1. The molecule has 2 rings (SSSR count). The SMILES string of the molecule is CC[C@H](NC(=O)/C=C/c1ccc(C)cc1)c1ccc(C)cc1C. The van der Waals surface area contributed by atoms with E-state index < -0.39 is 0 Å². The highest BCUT2D eigenvalue weighted by molar-refractivity contribution is 5.92. The number of rotatable bonds is 5. The molecule has 1 N–H and O–H groups in total. The van der Waals surface area contributed by atoms with Gasteiger partial charge in [0.05, 0.1) is 6.04 Å². The average molecular weight is 307 g/mol. The Bertz CT molecular complexity index is 698. The van der Waals surface area contributed by atoms with Crippen molar-refractivity contribution in [3.05, 3.63) is 76.4 Å². The first-order chi connectivity index (χ1) is 11.0. The van der Waals surface area contributed by atoms with Crippen molar-refractivity contribution >= 4 is 12.0 Å². The quantitative estimate of drug-likeness (QED) is 0.783. The lowest BCUT2D eigenvalue weighted by atomic mass is 9.97. The maximum absolute atomic E-state index is 12.2. The van der Waals surface area contributed by atoms with Crippen LogP contribution in [0.5, 0.6) is 0 Å². The third-order valence-corrected chi connectivity index (χ3v) is 4.03. The van der Waals surface area contributed by atoms with Gasteiger partial charge in [-0.05, 0) is 50.0 Å². The van der Waals surface area contributed by atoms with Crippen molar-refractivity contribution in [1.82, 2.24) is 5.32 Å². The van der Waals surface area contributed by atoms with Crippen molar-refractivity contribution in [2.75, 3.05) is 0 Å². The molecule has 0 aromatic heterocycles. The molecule has 0 spiro atoms. The van der Waals surface area contributed by atoms with Gasteiger partial charge < -0.3 is 5.32 Å². The number of benzene rings is 2. The first-order valence-electron chi connectivity index (χ1n) is 8.12. The third-order valence-electron chi connectivity index (χ3n) is 4.03. The van der Waals surface area contributed by atoms with E-state index in [0.717, 1.165) is 12.0 Å². The lowest BCUT2D eigenvalue weighted by molar-refractivity contribution is -0.117. The predicted octanol–water partition coefficient (Wildman–Crippen LogP) is 4.89. The molecule has 0 bridgehead atoms. The van der Waals surface area contributed by atoms with Crippen LogP contribution >= 0.6 is 0 Å². The van der Waals surface area contributed by atoms with Crippen LogP contribution in [-0.4, -0.2) is 5.91 Å². The summed E-state index contributed by atoms with van der Waals surface area (Å²) in [6.07, 6.45) is 4.33. The Morgan fingerprint density at radius 2 is 1.70 bits per heavy atom. The fourth-order valence-corrected chi connectivity index (χ4v) is 2.69. The van der Waals surface area contributed by atoms with Crippen molar-refractivity contribution < 1.29 is 4.79 Å². The first kappa shape index (κ1) is 17.0. The molecule has 2 aromatic carbocycles. The Hall–Kier alpha value is -2.35. The molecule has 0 saturated heterocycles. The molecular formula is C21H25NO. The Labute approximate surface area is 139 Å². The molecule has 0 fully saturated rings. The van der Waals surface area contributed by atoms with Crippen molar-refractivity contribution in [1.29, 1.82) is 0 Å². The molecule has 0 unspecified atom stereocenters. The first-order valence-corrected chi connectivity index (χ1v) is 8.12. The van der Waals surface area contributed by atoms with Crippen LogP contribution < -0.4 is 5.32 Å². The number of carbonyl (C=O) groups excluding carboxylic acids is 1. The summed E-state index contributed by atoms with van der Waals surface area (Å²) in [5, 5.41) is 3.10. The molecule has 2 heteroatoms. The zero-order valence-corrected chi connectivity index (χ0v) is 14.4. The summed E-state index contributed by atoms with van der Waals surface area (Å²) in [6, 6.07) is 14.5. The normalized spacial score (nSPS) is 12.3. The number of amides is 1. The van der Waals surface area contributed by atoms with Crippen molar-refractivity contribution in [3.8, 4) is 0 Å². The van der Waals surface area contributed by atoms with Crippen LogP contribution in [-0.2, 0) is 4.79 Å². The van der Waals surface area contributed by atoms with Gasteiger partial charge in [0, 0.05) is 6.08 Å². The predicted molar refractivity (Wildman–Crippen MR) is 97.3 cm³/mol. The highest BCUT2D eigenvalue weighted by Gasteiger charge is 2.13. The molecule has 0 aliphatic rings. The van der Waals surface area contributed by atoms with Gasteiger partial charge in [-0.1, -0.05) is 60.5 Å². The summed E-state index contributed by atoms with van der Waals surface area (Å²) >= 11 is 0. The van der Waals surface area contributed by atoms with Gasteiger partial charge in [0.2, 0.25) is 5.91 Å². The Kier molecular flexibility index (Phi) is 5.75. The number of hydrogen-bond acceptors (Lipinski definition) is 1. The maximum Gasteiger partial charge on any atom is 0.244 e. The van der Waals surface area contributed by atoms with Gasteiger partial charge in [-0.25, -0.2) is 0 Å². The van der Waals surface area contributed by atoms with Gasteiger partial charge in [-0.2, -0.15) is 0 Å². The largest absolute Gasteiger partial charge is 0.346 e. The Morgan fingerprint density at radius 3 is 2.30 bits per heavy atom. The van der Waals surface area contributed by atoms with Gasteiger partial charge in [-0.15, -0.1) is 0 Å². The fourth-order valence-electron chi connectivity index (χ4n) is 2.69. The van der Waals surface area contributed by atoms with Crippen LogP contribution in [0.2, 0.25) is 0 Å². The third kappa shape index (κ3) is 4.82. The second-order valence-corrected chi connectivity index (χ2v) is 6.07. The molecule has 1 amide bonds. The highest BCUT2D eigenvalue weighted by Crippen LogP contribution is 2.21. The summed E-state index contributed by atoms with van der Waals surface area (Å²) in [6.45, 7) is 8.32. The second kappa shape index (κ2) is 7.77. The zero-order valence-electron chi connectivity index (χ0n) is 14.4. The monoisotopic (exact) mass is 307 g/mol. The number of nitrogens with one attached hydrogen (secondary N) is 1. The minimum Gasteiger partial charge on any atom is -0.346 e. The van der Waals surface area contributed by atoms with Crippen LogP contribution in [0.15, 0.2) is 48.5 Å². The number of carbonyl (C=O) groups is 1. The van der Waals surface area contributed by atoms with Crippen molar-refractivity contribution in [2.45, 2.75) is 40.2 Å². The summed E-state index contributed by atoms with van der Waals surface area (Å²) in [5.41, 5.74) is 5.90. The zero-order chi connectivity index (χ0) is 16.8. The van der Waals surface area contributed by atoms with Gasteiger partial charge in [0.25, 0.3) is 0 Å². The molecule has 0 heterocycles. The molecule has 0 saturated carbocycles. The van der Waals surface area contributed by atoms with E-state index in [1.54, 1.807) is 6.08 Å². The minimum absolute atomic E-state index is 0.0470. The van der Waals surface area contributed by atoms with Crippen LogP contribution in [0.4, 0.5) is 0 Å². The summed E-state index contributed by atoms with van der Waals surface area (Å²) in [4.78, 5) is 12.2. The van der Waals surface area contributed by atoms with Crippen LogP contribution in [0.1, 0.15) is 47.2 Å². The van der Waals surface area contributed by atoms with E-state index in [1.807, 2.05) is 30.3 Å². The number of hydrogen-bond donors (Lipinski definition) is 1. The van der Waals surface area contributed by atoms with E-state index in [0.29, 0.717) is 0 Å². The molecule has 0 aliphatic carbocycles. The summed E-state index contributed by atoms with van der Waals surface area (Å²) in [7, 11) is 0. The standard InChI is InChI=1S/C21H25NO/c1-5-20(19-12-8-16(3)14-17(19)4)22-21(23)13-11-18-9-6-15(2)7-10-18/h6-14,20H,5H2,1-4H3,(H,22,23)/b13-11+/t20-/m0/s1. The van der Waals surface area contributed by atoms with Gasteiger partial charge in [-0.3, -0.25) is 4.79 Å². The Morgan fingerprint density at radius 1 is 1.04 bits per heavy atom. The molecule has 0 aliphatic heterocycles. The molecule has 120 valence electrons. The Balaban J connectivity index is 2.06. The smallest absolute Gasteiger partial charge is 0.244 e. The van der Waals surface area contributed by atoms with E-state index in [-0.39, 0.29) is 11.9 Å². The molecule has 0 radical (unpaired) electrons. The van der Waals surface area contributed by atoms with E-state index in [4.69, 9.17) is 0 Å². The van der Waals surface area contributed by atoms with Crippen LogP contribution in [0, 0.1) is 20.8 Å². The topological polar surface area (TPSA) is 29.1 Å². The fraction of sp³-hybridized carbons (Fsp3) is 0.286. The van der Waals surface area contributed by atoms with Gasteiger partial charge >= 0.3 is 0 Å². The van der Waals surface area contributed by atoms with Gasteiger partial charge in [0.15, 0.2) is 0 Å². The molecule has 2 aromatic rings. The maximum atomic E-state index is 12.2. The minimum atomic E-state index is -0.0580. The van der Waals surface area contributed by atoms with Crippen LogP contribution in [0.25, 0.3) is 6.08 Å². The van der Waals surface area contributed by atoms with E-state index in [9.17, 15) is 4.79 Å². The lowest BCUT2D eigenvalue weighted by Crippen LogP contribution is -2.26. The molecule has 2 nitrogen and oxygen atoms in total. The lowest BCUT2D eigenvalue weighted by Gasteiger charge is -2.19. The number of aryl methyl sites for hydroxylation is 3. The molecular weight excluding hydrogens is 282 g/mol. The van der Waals surface area contributed by atoms with Gasteiger partial charge in [0.1, 0.15) is 0 Å². The molecule has 1 atom stereocenters. The van der Waals surface area contributed by atoms with E-state index in [2.05, 4.69) is 51.2 Å². The van der Waals surface area contributed by atoms with Crippen molar-refractivity contribution in [2.24, 2.45) is 0 Å². The van der Waals surface area contributed by atoms with E-state index >= 15 is 0 Å². The van der Waals surface area contributed by atoms with Crippen LogP contribution in [0.3, 0.4) is 0 Å².